The standard InChI is InChI=1S/C33H37Cl2N3O4/c1-20(39)8-5-9-22-14-16-28(37-32(22)41-3)26-12-6-10-24(30(26)34)25-11-7-13-27(31(25)35)29-17-15-23(33(38-29)42-4)19-36-18-21(2)40/h6-7,10-17,20-21,36,39-40H,5,8-9,18-19H2,1-4H3/t20-,21-/m1/s1. The SMILES string of the molecule is COc1nc(-c2cccc(-c3cccc(-c4ccc(CNC[C@@H](C)O)c(OC)n4)c3Cl)c2Cl)ccc1CCC[C@@H](C)O. The van der Waals surface area contributed by atoms with Crippen molar-refractivity contribution in [3.8, 4) is 45.4 Å². The number of aliphatic hydroxyl groups excluding tert-OH is 2. The van der Waals surface area contributed by atoms with Crippen molar-refractivity contribution in [2.45, 2.75) is 51.9 Å². The van der Waals surface area contributed by atoms with E-state index >= 15 is 0 Å². The molecule has 0 unspecified atom stereocenters. The molecule has 3 N–H and O–H groups in total. The van der Waals surface area contributed by atoms with E-state index in [1.807, 2.05) is 60.7 Å². The molecule has 2 aromatic heterocycles. The molecule has 2 heterocycles. The van der Waals surface area contributed by atoms with Crippen LogP contribution in [0.5, 0.6) is 11.8 Å². The van der Waals surface area contributed by atoms with Crippen LogP contribution < -0.4 is 14.8 Å². The molecule has 4 rings (SSSR count). The minimum absolute atomic E-state index is 0.337. The van der Waals surface area contributed by atoms with E-state index in [0.717, 1.165) is 46.2 Å². The number of halogens is 2. The lowest BCUT2D eigenvalue weighted by Crippen LogP contribution is -2.24. The van der Waals surface area contributed by atoms with Crippen LogP contribution in [0.15, 0.2) is 60.7 Å². The van der Waals surface area contributed by atoms with E-state index < -0.39 is 6.10 Å². The molecular formula is C33H37Cl2N3O4. The summed E-state index contributed by atoms with van der Waals surface area (Å²) in [7, 11) is 3.19. The van der Waals surface area contributed by atoms with Gasteiger partial charge in [0.05, 0.1) is 47.9 Å². The number of methoxy groups -OCH3 is 2. The molecule has 0 radical (unpaired) electrons. The first-order chi connectivity index (χ1) is 20.2. The molecular weight excluding hydrogens is 573 g/mol. The lowest BCUT2D eigenvalue weighted by Gasteiger charge is -2.15. The maximum Gasteiger partial charge on any atom is 0.218 e. The van der Waals surface area contributed by atoms with Crippen LogP contribution in [0.4, 0.5) is 0 Å². The number of aliphatic hydroxyl groups is 2. The number of hydrogen-bond acceptors (Lipinski definition) is 7. The first-order valence-corrected chi connectivity index (χ1v) is 14.7. The van der Waals surface area contributed by atoms with E-state index in [0.29, 0.717) is 52.7 Å². The molecule has 9 heteroatoms. The van der Waals surface area contributed by atoms with Crippen LogP contribution in [-0.4, -0.2) is 53.2 Å². The number of rotatable bonds is 13. The van der Waals surface area contributed by atoms with Gasteiger partial charge in [-0.1, -0.05) is 71.7 Å². The largest absolute Gasteiger partial charge is 0.481 e. The van der Waals surface area contributed by atoms with Gasteiger partial charge in [0.2, 0.25) is 11.8 Å². The molecule has 0 saturated carbocycles. The Labute approximate surface area is 257 Å². The van der Waals surface area contributed by atoms with Crippen LogP contribution in [0, 0.1) is 0 Å². The van der Waals surface area contributed by atoms with Gasteiger partial charge < -0.3 is 25.0 Å². The molecule has 222 valence electrons. The fourth-order valence-corrected chi connectivity index (χ4v) is 5.45. The first kappa shape index (κ1) is 31.7. The molecule has 4 aromatic rings. The van der Waals surface area contributed by atoms with Crippen molar-refractivity contribution in [3.63, 3.8) is 0 Å². The van der Waals surface area contributed by atoms with Crippen molar-refractivity contribution >= 4 is 23.2 Å². The Balaban J connectivity index is 1.66. The minimum atomic E-state index is -0.446. The Hall–Kier alpha value is -3.20. The maximum absolute atomic E-state index is 9.59. The second-order valence-electron chi connectivity index (χ2n) is 10.3. The van der Waals surface area contributed by atoms with E-state index in [1.54, 1.807) is 28.1 Å². The normalized spacial score (nSPS) is 12.7. The Bertz CT molecular complexity index is 1400. The molecule has 0 aliphatic carbocycles. The Kier molecular flexibility index (Phi) is 11.2. The van der Waals surface area contributed by atoms with Crippen LogP contribution in [0.2, 0.25) is 10.0 Å². The number of nitrogens with zero attached hydrogens (tertiary/aromatic N) is 2. The second kappa shape index (κ2) is 14.8. The van der Waals surface area contributed by atoms with E-state index in [-0.39, 0.29) is 6.10 Å². The van der Waals surface area contributed by atoms with Gasteiger partial charge in [-0.05, 0) is 45.2 Å². The highest BCUT2D eigenvalue weighted by atomic mass is 35.5. The summed E-state index contributed by atoms with van der Waals surface area (Å²) >= 11 is 14.0. The quantitative estimate of drug-likeness (QED) is 0.150. The summed E-state index contributed by atoms with van der Waals surface area (Å²) in [6.07, 6.45) is 1.53. The second-order valence-corrected chi connectivity index (χ2v) is 11.0. The number of nitrogens with one attached hydrogen (secondary N) is 1. The van der Waals surface area contributed by atoms with Crippen LogP contribution >= 0.6 is 23.2 Å². The Morgan fingerprint density at radius 3 is 1.71 bits per heavy atom. The monoisotopic (exact) mass is 609 g/mol. The number of pyridine rings is 2. The Morgan fingerprint density at radius 1 is 0.714 bits per heavy atom. The predicted octanol–water partition coefficient (Wildman–Crippen LogP) is 6.98. The third kappa shape index (κ3) is 7.60. The zero-order chi connectivity index (χ0) is 30.2. The van der Waals surface area contributed by atoms with Gasteiger partial charge in [0.1, 0.15) is 0 Å². The van der Waals surface area contributed by atoms with Gasteiger partial charge in [-0.15, -0.1) is 0 Å². The maximum atomic E-state index is 9.59. The summed E-state index contributed by atoms with van der Waals surface area (Å²) in [5.41, 5.74) is 6.27. The van der Waals surface area contributed by atoms with Crippen molar-refractivity contribution < 1.29 is 19.7 Å². The van der Waals surface area contributed by atoms with Crippen LogP contribution in [-0.2, 0) is 13.0 Å². The molecule has 0 aliphatic heterocycles. The van der Waals surface area contributed by atoms with E-state index in [1.165, 1.54) is 0 Å². The number of aromatic nitrogens is 2. The van der Waals surface area contributed by atoms with Crippen molar-refractivity contribution in [2.24, 2.45) is 0 Å². The number of benzene rings is 2. The lowest BCUT2D eigenvalue weighted by molar-refractivity contribution is 0.181. The molecule has 2 aromatic carbocycles. The van der Waals surface area contributed by atoms with Gasteiger partial charge in [0.25, 0.3) is 0 Å². The molecule has 42 heavy (non-hydrogen) atoms. The fraction of sp³-hybridized carbons (Fsp3) is 0.333. The number of hydrogen-bond donors (Lipinski definition) is 3. The van der Waals surface area contributed by atoms with Gasteiger partial charge in [0.15, 0.2) is 0 Å². The lowest BCUT2D eigenvalue weighted by atomic mass is 9.98. The molecule has 0 aliphatic rings. The van der Waals surface area contributed by atoms with Gasteiger partial charge in [-0.25, -0.2) is 9.97 Å². The third-order valence-electron chi connectivity index (χ3n) is 6.93. The van der Waals surface area contributed by atoms with Gasteiger partial charge in [-0.3, -0.25) is 0 Å². The molecule has 7 nitrogen and oxygen atoms in total. The predicted molar refractivity (Wildman–Crippen MR) is 169 cm³/mol. The zero-order valence-electron chi connectivity index (χ0n) is 24.3. The number of ether oxygens (including phenoxy) is 2. The van der Waals surface area contributed by atoms with Gasteiger partial charge in [0, 0.05) is 46.5 Å². The molecule has 0 spiro atoms. The summed E-state index contributed by atoms with van der Waals surface area (Å²) < 4.78 is 11.1. The highest BCUT2D eigenvalue weighted by Gasteiger charge is 2.18. The highest BCUT2D eigenvalue weighted by molar-refractivity contribution is 6.39. The van der Waals surface area contributed by atoms with Crippen LogP contribution in [0.25, 0.3) is 33.6 Å². The average Bonchev–Trinajstić information content (AvgIpc) is 2.97. The number of aryl methyl sites for hydroxylation is 1. The molecule has 0 bridgehead atoms. The van der Waals surface area contributed by atoms with Gasteiger partial charge in [-0.2, -0.15) is 0 Å². The van der Waals surface area contributed by atoms with E-state index in [4.69, 9.17) is 42.6 Å². The first-order valence-electron chi connectivity index (χ1n) is 14.0. The van der Waals surface area contributed by atoms with Crippen molar-refractivity contribution in [1.29, 1.82) is 0 Å². The van der Waals surface area contributed by atoms with E-state index in [2.05, 4.69) is 5.32 Å². The molecule has 0 saturated heterocycles. The summed E-state index contributed by atoms with van der Waals surface area (Å²) in [4.78, 5) is 9.48. The average molecular weight is 611 g/mol. The molecule has 2 atom stereocenters. The smallest absolute Gasteiger partial charge is 0.218 e. The summed E-state index contributed by atoms with van der Waals surface area (Å²) in [6, 6.07) is 19.4. The highest BCUT2D eigenvalue weighted by Crippen LogP contribution is 2.42. The van der Waals surface area contributed by atoms with Crippen LogP contribution in [0.3, 0.4) is 0 Å². The summed E-state index contributed by atoms with van der Waals surface area (Å²) in [5.74, 6) is 1.03. The topological polar surface area (TPSA) is 96.7 Å². The molecule has 0 fully saturated rings. The summed E-state index contributed by atoms with van der Waals surface area (Å²) in [5, 5.41) is 23.4. The van der Waals surface area contributed by atoms with E-state index in [9.17, 15) is 10.2 Å². The molecule has 0 amide bonds. The Morgan fingerprint density at radius 2 is 1.21 bits per heavy atom. The van der Waals surface area contributed by atoms with Crippen molar-refractivity contribution in [1.82, 2.24) is 15.3 Å². The summed E-state index contributed by atoms with van der Waals surface area (Å²) in [6.45, 7) is 4.50. The minimum Gasteiger partial charge on any atom is -0.481 e. The third-order valence-corrected chi connectivity index (χ3v) is 7.74. The fourth-order valence-electron chi connectivity index (χ4n) is 4.80. The van der Waals surface area contributed by atoms with Gasteiger partial charge >= 0.3 is 0 Å². The zero-order valence-corrected chi connectivity index (χ0v) is 25.8. The van der Waals surface area contributed by atoms with Crippen molar-refractivity contribution in [3.05, 3.63) is 81.8 Å². The van der Waals surface area contributed by atoms with Crippen LogP contribution in [0.1, 0.15) is 37.8 Å². The van der Waals surface area contributed by atoms with Crippen molar-refractivity contribution in [2.75, 3.05) is 20.8 Å².